The second-order valence-electron chi connectivity index (χ2n) is 7.00. The molecule has 1 aromatic carbocycles. The van der Waals surface area contributed by atoms with E-state index in [0.717, 1.165) is 9.37 Å². The van der Waals surface area contributed by atoms with Crippen LogP contribution in [0.5, 0.6) is 5.75 Å². The van der Waals surface area contributed by atoms with Crippen LogP contribution in [0, 0.1) is 0 Å². The van der Waals surface area contributed by atoms with E-state index in [2.05, 4.69) is 26.1 Å². The standard InChI is InChI=1S/C18H20BrN6O3/c1-9(2)24-13-15(22(3)18(27)23(4)16(13)26)25-14(20-21-17(24)25)11-8-10(19)6-7-12(11)28-5/h6-9,13H,1-5H3/q+1. The minimum Gasteiger partial charge on any atom is -0.496 e. The highest BCUT2D eigenvalue weighted by molar-refractivity contribution is 9.10. The summed E-state index contributed by atoms with van der Waals surface area (Å²) in [5.74, 6) is 1.89. The van der Waals surface area contributed by atoms with E-state index in [9.17, 15) is 9.59 Å². The van der Waals surface area contributed by atoms with E-state index in [-0.39, 0.29) is 11.9 Å². The van der Waals surface area contributed by atoms with Crippen LogP contribution in [0.15, 0.2) is 22.7 Å². The maximum absolute atomic E-state index is 13.0. The molecule has 1 atom stereocenters. The molecule has 2 aliphatic heterocycles. The van der Waals surface area contributed by atoms with Gasteiger partial charge in [0.2, 0.25) is 17.7 Å². The van der Waals surface area contributed by atoms with Crippen molar-refractivity contribution in [2.45, 2.75) is 25.9 Å². The first-order valence-corrected chi connectivity index (χ1v) is 9.57. The third-order valence-corrected chi connectivity index (χ3v) is 5.56. The van der Waals surface area contributed by atoms with Gasteiger partial charge in [-0.15, -0.1) is 5.10 Å². The van der Waals surface area contributed by atoms with Crippen molar-refractivity contribution in [1.82, 2.24) is 19.7 Å². The number of methoxy groups -OCH3 is 1. The van der Waals surface area contributed by atoms with Crippen molar-refractivity contribution in [1.29, 1.82) is 0 Å². The van der Waals surface area contributed by atoms with Crippen molar-refractivity contribution in [3.8, 4) is 17.1 Å². The van der Waals surface area contributed by atoms with E-state index >= 15 is 0 Å². The van der Waals surface area contributed by atoms with Crippen molar-refractivity contribution in [3.05, 3.63) is 22.7 Å². The molecule has 9 nitrogen and oxygen atoms in total. The fraction of sp³-hybridized carbons (Fsp3) is 0.389. The Labute approximate surface area is 170 Å². The van der Waals surface area contributed by atoms with Crippen LogP contribution in [0.25, 0.3) is 11.4 Å². The molecule has 2 aromatic rings. The number of hydrogen-bond donors (Lipinski definition) is 0. The van der Waals surface area contributed by atoms with Crippen LogP contribution in [0.2, 0.25) is 0 Å². The molecule has 4 rings (SSSR count). The Morgan fingerprint density at radius 2 is 1.96 bits per heavy atom. The van der Waals surface area contributed by atoms with Crippen LogP contribution in [0.3, 0.4) is 0 Å². The molecule has 146 valence electrons. The highest BCUT2D eigenvalue weighted by atomic mass is 79.9. The van der Waals surface area contributed by atoms with E-state index in [4.69, 9.17) is 4.74 Å². The number of likely N-dealkylation sites (N-methyl/N-ethyl adjacent to an activating group) is 1. The first kappa shape index (κ1) is 18.6. The summed E-state index contributed by atoms with van der Waals surface area (Å²) in [6.07, 6.45) is 0. The van der Waals surface area contributed by atoms with Gasteiger partial charge in [-0.25, -0.2) is 9.37 Å². The summed E-state index contributed by atoms with van der Waals surface area (Å²) in [6, 6.07) is 4.51. The van der Waals surface area contributed by atoms with Gasteiger partial charge in [0.05, 0.1) is 26.8 Å². The Hall–Kier alpha value is -2.75. The number of halogens is 1. The zero-order valence-corrected chi connectivity index (χ0v) is 17.8. The number of nitrogens with zero attached hydrogens (tertiary/aromatic N) is 6. The van der Waals surface area contributed by atoms with Gasteiger partial charge in [-0.05, 0) is 32.0 Å². The number of imide groups is 1. The number of aromatic nitrogens is 3. The molecular formula is C18H20BrN6O3+. The van der Waals surface area contributed by atoms with Crippen LogP contribution in [0.4, 0.5) is 10.7 Å². The normalized spacial score (nSPS) is 18.9. The number of amides is 3. The Bertz CT molecular complexity index is 1040. The number of ether oxygens (including phenoxy) is 1. The molecule has 10 heteroatoms. The average molecular weight is 448 g/mol. The molecule has 0 saturated heterocycles. The first-order valence-electron chi connectivity index (χ1n) is 8.78. The molecule has 0 aliphatic carbocycles. The van der Waals surface area contributed by atoms with Crippen LogP contribution in [-0.2, 0) is 4.79 Å². The predicted octanol–water partition coefficient (Wildman–Crippen LogP) is 1.79. The molecule has 0 radical (unpaired) electrons. The van der Waals surface area contributed by atoms with Gasteiger partial charge in [-0.2, -0.15) is 9.47 Å². The van der Waals surface area contributed by atoms with E-state index in [1.54, 1.807) is 18.7 Å². The molecule has 0 N–H and O–H groups in total. The number of rotatable bonds is 3. The van der Waals surface area contributed by atoms with Crippen LogP contribution in [0.1, 0.15) is 13.8 Å². The van der Waals surface area contributed by atoms with Crippen LogP contribution < -0.4 is 9.64 Å². The van der Waals surface area contributed by atoms with Gasteiger partial charge in [-0.3, -0.25) is 4.79 Å². The fourth-order valence-electron chi connectivity index (χ4n) is 3.74. The van der Waals surface area contributed by atoms with E-state index in [0.29, 0.717) is 28.9 Å². The molecule has 2 aliphatic rings. The predicted molar refractivity (Wildman–Crippen MR) is 106 cm³/mol. The molecule has 28 heavy (non-hydrogen) atoms. The van der Waals surface area contributed by atoms with Crippen LogP contribution >= 0.6 is 15.9 Å². The summed E-state index contributed by atoms with van der Waals surface area (Å²) in [5, 5.41) is 8.73. The molecule has 0 saturated carbocycles. The molecule has 0 bridgehead atoms. The summed E-state index contributed by atoms with van der Waals surface area (Å²) < 4.78 is 9.61. The second-order valence-corrected chi connectivity index (χ2v) is 7.92. The van der Waals surface area contributed by atoms with Gasteiger partial charge in [0, 0.05) is 10.5 Å². The van der Waals surface area contributed by atoms with E-state index in [1.165, 1.54) is 11.6 Å². The number of urea groups is 1. The van der Waals surface area contributed by atoms with Crippen molar-refractivity contribution < 1.29 is 18.9 Å². The summed E-state index contributed by atoms with van der Waals surface area (Å²) in [5.41, 5.74) is 0.708. The summed E-state index contributed by atoms with van der Waals surface area (Å²) in [7, 11) is 4.73. The molecule has 1 unspecified atom stereocenters. The highest BCUT2D eigenvalue weighted by Gasteiger charge is 2.56. The first-order chi connectivity index (χ1) is 13.3. The SMILES string of the molecule is COc1ccc(Br)cc1-c1nnc2n1C1=[N+](C)C(=O)N(C)C(=O)C1N2C(C)C. The third kappa shape index (κ3) is 2.40. The average Bonchev–Trinajstić information content (AvgIpc) is 3.22. The van der Waals surface area contributed by atoms with Gasteiger partial charge >= 0.3 is 11.9 Å². The largest absolute Gasteiger partial charge is 0.496 e. The zero-order valence-electron chi connectivity index (χ0n) is 16.2. The number of hydrogen-bond acceptors (Lipinski definition) is 6. The van der Waals surface area contributed by atoms with Crippen molar-refractivity contribution >= 4 is 39.7 Å². The number of benzene rings is 1. The van der Waals surface area contributed by atoms with Crippen molar-refractivity contribution in [3.63, 3.8) is 0 Å². The smallest absolute Gasteiger partial charge is 0.445 e. The summed E-state index contributed by atoms with van der Waals surface area (Å²) in [4.78, 5) is 28.6. The number of fused-ring (bicyclic) bond motifs is 3. The monoisotopic (exact) mass is 447 g/mol. The maximum Gasteiger partial charge on any atom is 0.445 e. The summed E-state index contributed by atoms with van der Waals surface area (Å²) in [6.45, 7) is 3.95. The number of carbonyl (C=O) groups is 2. The Balaban J connectivity index is 2.03. The zero-order chi connectivity index (χ0) is 20.3. The molecule has 3 amide bonds. The lowest BCUT2D eigenvalue weighted by atomic mass is 10.1. The van der Waals surface area contributed by atoms with E-state index in [1.807, 2.05) is 36.9 Å². The van der Waals surface area contributed by atoms with Crippen molar-refractivity contribution in [2.24, 2.45) is 0 Å². The van der Waals surface area contributed by atoms with Gasteiger partial charge in [-0.1, -0.05) is 21.0 Å². The lowest BCUT2D eigenvalue weighted by Gasteiger charge is -2.29. The van der Waals surface area contributed by atoms with E-state index < -0.39 is 12.1 Å². The lowest BCUT2D eigenvalue weighted by molar-refractivity contribution is -0.407. The van der Waals surface area contributed by atoms with Gasteiger partial charge < -0.3 is 9.64 Å². The topological polar surface area (TPSA) is 83.6 Å². The Kier molecular flexibility index (Phi) is 4.25. The minimum atomic E-state index is -0.643. The highest BCUT2D eigenvalue weighted by Crippen LogP contribution is 2.38. The molecule has 1 aromatic heterocycles. The minimum absolute atomic E-state index is 0.0262. The number of carbonyl (C=O) groups excluding carboxylic acids is 2. The quantitative estimate of drug-likeness (QED) is 0.666. The molecular weight excluding hydrogens is 428 g/mol. The molecule has 3 heterocycles. The molecule has 0 spiro atoms. The maximum atomic E-state index is 13.0. The van der Waals surface area contributed by atoms with Crippen LogP contribution in [-0.4, -0.2) is 75.3 Å². The van der Waals surface area contributed by atoms with Gasteiger partial charge in [0.25, 0.3) is 5.95 Å². The van der Waals surface area contributed by atoms with Crippen molar-refractivity contribution in [2.75, 3.05) is 26.1 Å². The second kappa shape index (κ2) is 6.40. The third-order valence-electron chi connectivity index (χ3n) is 5.07. The Morgan fingerprint density at radius 3 is 2.61 bits per heavy atom. The Morgan fingerprint density at radius 1 is 1.25 bits per heavy atom. The lowest BCUT2D eigenvalue weighted by Crippen LogP contribution is -2.60. The van der Waals surface area contributed by atoms with Gasteiger partial charge in [0.15, 0.2) is 0 Å². The number of anilines is 1. The fourth-order valence-corrected chi connectivity index (χ4v) is 4.10. The van der Waals surface area contributed by atoms with Gasteiger partial charge in [0.1, 0.15) is 5.75 Å². The molecule has 0 fully saturated rings. The summed E-state index contributed by atoms with van der Waals surface area (Å²) >= 11 is 3.48.